The van der Waals surface area contributed by atoms with E-state index in [1.165, 1.54) is 0 Å². The molecule has 0 fully saturated rings. The van der Waals surface area contributed by atoms with E-state index in [2.05, 4.69) is 10.4 Å². The van der Waals surface area contributed by atoms with Crippen LogP contribution in [-0.4, -0.2) is 51.8 Å². The fourth-order valence-corrected chi connectivity index (χ4v) is 3.01. The number of hydrogen-bond acceptors (Lipinski definition) is 4. The van der Waals surface area contributed by atoms with Crippen LogP contribution in [0.4, 0.5) is 0 Å². The minimum Gasteiger partial charge on any atom is -0.394 e. The van der Waals surface area contributed by atoms with Gasteiger partial charge in [-0.25, -0.2) is 0 Å². The fraction of sp³-hybridized carbons (Fsp3) is 0.353. The predicted molar refractivity (Wildman–Crippen MR) is 87.3 cm³/mol. The van der Waals surface area contributed by atoms with Crippen molar-refractivity contribution in [2.45, 2.75) is 12.0 Å². The molecule has 24 heavy (non-hydrogen) atoms. The maximum absolute atomic E-state index is 12.8. The maximum atomic E-state index is 12.8. The Morgan fingerprint density at radius 3 is 2.83 bits per heavy atom. The highest BCUT2D eigenvalue weighted by Crippen LogP contribution is 2.28. The van der Waals surface area contributed by atoms with Gasteiger partial charge in [-0.15, -0.1) is 0 Å². The van der Waals surface area contributed by atoms with E-state index in [-0.39, 0.29) is 18.4 Å². The number of hydrogen-bond donors (Lipinski definition) is 2. The number of aryl methyl sites for hydroxylation is 1. The van der Waals surface area contributed by atoms with Crippen LogP contribution in [0.15, 0.2) is 36.7 Å². The van der Waals surface area contributed by atoms with Crippen LogP contribution in [0.25, 0.3) is 0 Å². The molecule has 1 aliphatic rings. The summed E-state index contributed by atoms with van der Waals surface area (Å²) < 4.78 is 1.62. The lowest BCUT2D eigenvalue weighted by molar-refractivity contribution is -0.124. The molecule has 126 valence electrons. The van der Waals surface area contributed by atoms with Crippen molar-refractivity contribution in [1.29, 1.82) is 0 Å². The summed E-state index contributed by atoms with van der Waals surface area (Å²) >= 11 is 0. The molecule has 1 aliphatic heterocycles. The Morgan fingerprint density at radius 2 is 2.17 bits per heavy atom. The van der Waals surface area contributed by atoms with Gasteiger partial charge >= 0.3 is 0 Å². The second-order valence-corrected chi connectivity index (χ2v) is 6.02. The normalized spacial score (nSPS) is 18.2. The molecule has 0 saturated carbocycles. The Hall–Kier alpha value is -2.67. The van der Waals surface area contributed by atoms with Gasteiger partial charge in [-0.1, -0.05) is 18.2 Å². The monoisotopic (exact) mass is 328 g/mol. The molecule has 2 N–H and O–H groups in total. The van der Waals surface area contributed by atoms with Gasteiger partial charge in [0.15, 0.2) is 0 Å². The minimum atomic E-state index is -0.527. The number of nitrogens with zero attached hydrogens (tertiary/aromatic N) is 3. The molecule has 7 nitrogen and oxygen atoms in total. The summed E-state index contributed by atoms with van der Waals surface area (Å²) in [5.41, 5.74) is 2.01. The van der Waals surface area contributed by atoms with Crippen LogP contribution >= 0.6 is 0 Å². The standard InChI is InChI=1S/C17H20N4O3/c1-20-9-14(12-5-3-4-6-13(12)17(20)24)16(23)19-15(10-22)11-7-18-21(2)8-11/h3-8,14-15,22H,9-10H2,1-2H3,(H,19,23). The Bertz CT molecular complexity index is 771. The largest absolute Gasteiger partial charge is 0.394 e. The molecule has 2 aromatic rings. The number of fused-ring (bicyclic) bond motifs is 1. The molecule has 1 aromatic carbocycles. The number of aromatic nitrogens is 2. The molecule has 2 atom stereocenters. The highest BCUT2D eigenvalue weighted by atomic mass is 16.3. The summed E-state index contributed by atoms with van der Waals surface area (Å²) in [6.45, 7) is 0.0907. The highest BCUT2D eigenvalue weighted by molar-refractivity contribution is 6.00. The summed E-state index contributed by atoms with van der Waals surface area (Å²) in [5, 5.41) is 16.5. The number of nitrogens with one attached hydrogen (secondary N) is 1. The van der Waals surface area contributed by atoms with E-state index >= 15 is 0 Å². The molecule has 0 radical (unpaired) electrons. The lowest BCUT2D eigenvalue weighted by atomic mass is 9.88. The summed E-state index contributed by atoms with van der Waals surface area (Å²) in [7, 11) is 3.46. The first-order valence-corrected chi connectivity index (χ1v) is 7.75. The number of likely N-dealkylation sites (N-methyl/N-ethyl adjacent to an activating group) is 1. The third kappa shape index (κ3) is 2.90. The highest BCUT2D eigenvalue weighted by Gasteiger charge is 2.34. The number of rotatable bonds is 4. The van der Waals surface area contributed by atoms with Gasteiger partial charge in [0, 0.05) is 38.0 Å². The number of carbonyl (C=O) groups excluding carboxylic acids is 2. The molecule has 2 heterocycles. The zero-order chi connectivity index (χ0) is 17.3. The average molecular weight is 328 g/mol. The molecule has 7 heteroatoms. The van der Waals surface area contributed by atoms with Crippen molar-refractivity contribution in [2.24, 2.45) is 7.05 Å². The van der Waals surface area contributed by atoms with Gasteiger partial charge in [0.05, 0.1) is 24.8 Å². The van der Waals surface area contributed by atoms with Gasteiger partial charge in [0.25, 0.3) is 5.91 Å². The summed E-state index contributed by atoms with van der Waals surface area (Å²) in [5.74, 6) is -0.764. The van der Waals surface area contributed by atoms with Crippen LogP contribution in [0.5, 0.6) is 0 Å². The van der Waals surface area contributed by atoms with E-state index < -0.39 is 12.0 Å². The van der Waals surface area contributed by atoms with Crippen molar-refractivity contribution >= 4 is 11.8 Å². The molecule has 2 unspecified atom stereocenters. The van der Waals surface area contributed by atoms with Crippen molar-refractivity contribution in [3.8, 4) is 0 Å². The number of aliphatic hydroxyl groups is 1. The van der Waals surface area contributed by atoms with Gasteiger partial charge in [0.2, 0.25) is 5.91 Å². The molecule has 0 saturated heterocycles. The first-order chi connectivity index (χ1) is 11.5. The molecule has 3 rings (SSSR count). The third-order valence-corrected chi connectivity index (χ3v) is 4.31. The second kappa shape index (κ2) is 6.45. The van der Waals surface area contributed by atoms with Crippen LogP contribution in [0.2, 0.25) is 0 Å². The van der Waals surface area contributed by atoms with Crippen LogP contribution in [0.1, 0.15) is 33.4 Å². The number of benzene rings is 1. The molecular formula is C17H20N4O3. The van der Waals surface area contributed by atoms with Crippen molar-refractivity contribution in [2.75, 3.05) is 20.2 Å². The number of carbonyl (C=O) groups is 2. The van der Waals surface area contributed by atoms with Gasteiger partial charge in [0.1, 0.15) is 0 Å². The van der Waals surface area contributed by atoms with E-state index in [4.69, 9.17) is 0 Å². The second-order valence-electron chi connectivity index (χ2n) is 6.02. The molecule has 2 amide bonds. The average Bonchev–Trinajstić information content (AvgIpc) is 3.02. The smallest absolute Gasteiger partial charge is 0.253 e. The summed E-state index contributed by atoms with van der Waals surface area (Å²) in [6, 6.07) is 6.63. The van der Waals surface area contributed by atoms with Gasteiger partial charge in [-0.05, 0) is 11.6 Å². The van der Waals surface area contributed by atoms with Crippen molar-refractivity contribution in [1.82, 2.24) is 20.0 Å². The Kier molecular flexibility index (Phi) is 4.35. The lowest BCUT2D eigenvalue weighted by Crippen LogP contribution is -2.44. The maximum Gasteiger partial charge on any atom is 0.253 e. The first kappa shape index (κ1) is 16.2. The van der Waals surface area contributed by atoms with Crippen LogP contribution in [-0.2, 0) is 11.8 Å². The van der Waals surface area contributed by atoms with Crippen LogP contribution < -0.4 is 5.32 Å². The van der Waals surface area contributed by atoms with Crippen molar-refractivity contribution in [3.63, 3.8) is 0 Å². The Morgan fingerprint density at radius 1 is 1.42 bits per heavy atom. The van der Waals surface area contributed by atoms with Gasteiger partial charge < -0.3 is 15.3 Å². The molecule has 0 aliphatic carbocycles. The predicted octanol–water partition coefficient (Wildman–Crippen LogP) is 0.439. The van der Waals surface area contributed by atoms with E-state index in [9.17, 15) is 14.7 Å². The van der Waals surface area contributed by atoms with E-state index in [0.717, 1.165) is 11.1 Å². The molecular weight excluding hydrogens is 308 g/mol. The molecule has 0 spiro atoms. The lowest BCUT2D eigenvalue weighted by Gasteiger charge is -2.31. The number of amides is 2. The van der Waals surface area contributed by atoms with Gasteiger partial charge in [-0.2, -0.15) is 5.10 Å². The topological polar surface area (TPSA) is 87.5 Å². The summed E-state index contributed by atoms with van der Waals surface area (Å²) in [6.07, 6.45) is 3.37. The zero-order valence-electron chi connectivity index (χ0n) is 13.6. The van der Waals surface area contributed by atoms with Crippen LogP contribution in [0, 0.1) is 0 Å². The number of aliphatic hydroxyl groups excluding tert-OH is 1. The van der Waals surface area contributed by atoms with E-state index in [1.54, 1.807) is 48.2 Å². The first-order valence-electron chi connectivity index (χ1n) is 7.75. The van der Waals surface area contributed by atoms with Crippen LogP contribution in [0.3, 0.4) is 0 Å². The zero-order valence-corrected chi connectivity index (χ0v) is 13.6. The minimum absolute atomic E-state index is 0.0828. The Balaban J connectivity index is 1.84. The van der Waals surface area contributed by atoms with E-state index in [0.29, 0.717) is 12.1 Å². The van der Waals surface area contributed by atoms with Gasteiger partial charge in [-0.3, -0.25) is 14.3 Å². The molecule has 0 bridgehead atoms. The Labute approximate surface area is 139 Å². The molecule has 1 aromatic heterocycles. The summed E-state index contributed by atoms with van der Waals surface area (Å²) in [4.78, 5) is 26.6. The SMILES string of the molecule is CN1CC(C(=O)NC(CO)c2cnn(C)c2)c2ccccc2C1=O. The quantitative estimate of drug-likeness (QED) is 0.852. The third-order valence-electron chi connectivity index (χ3n) is 4.31. The van der Waals surface area contributed by atoms with E-state index in [1.807, 2.05) is 12.1 Å². The fourth-order valence-electron chi connectivity index (χ4n) is 3.01. The van der Waals surface area contributed by atoms with Crippen molar-refractivity contribution in [3.05, 3.63) is 53.3 Å². The van der Waals surface area contributed by atoms with Crippen molar-refractivity contribution < 1.29 is 14.7 Å².